The predicted molar refractivity (Wildman–Crippen MR) is 83.3 cm³/mol. The third kappa shape index (κ3) is 3.26. The largest absolute Gasteiger partial charge is 0.480 e. The molecule has 4 unspecified atom stereocenters. The molecule has 3 aliphatic rings. The minimum absolute atomic E-state index is 0.443. The number of piperidine rings is 1. The van der Waals surface area contributed by atoms with Gasteiger partial charge in [0.25, 0.3) is 0 Å². The van der Waals surface area contributed by atoms with Crippen LogP contribution in [0.5, 0.6) is 0 Å². The van der Waals surface area contributed by atoms with Crippen molar-refractivity contribution in [3.8, 4) is 0 Å². The van der Waals surface area contributed by atoms with Crippen LogP contribution in [-0.2, 0) is 4.79 Å². The number of carboxylic acids is 1. The zero-order valence-corrected chi connectivity index (χ0v) is 13.5. The SMILES string of the molecule is CC1CCC(C)N(C2CCCC(NC3CC3)(C(=O)O)C2)C1. The van der Waals surface area contributed by atoms with Gasteiger partial charge < -0.3 is 5.11 Å². The lowest BCUT2D eigenvalue weighted by Crippen LogP contribution is -2.60. The number of carbonyl (C=O) groups is 1. The predicted octanol–water partition coefficient (Wildman–Crippen LogP) is 2.62. The van der Waals surface area contributed by atoms with Crippen LogP contribution in [0.4, 0.5) is 0 Å². The van der Waals surface area contributed by atoms with E-state index in [1.165, 1.54) is 19.3 Å². The van der Waals surface area contributed by atoms with Crippen LogP contribution in [0.15, 0.2) is 0 Å². The summed E-state index contributed by atoms with van der Waals surface area (Å²) in [5, 5.41) is 13.3. The van der Waals surface area contributed by atoms with Crippen LogP contribution >= 0.6 is 0 Å². The Kier molecular flexibility index (Phi) is 4.28. The smallest absolute Gasteiger partial charge is 0.323 e. The van der Waals surface area contributed by atoms with Crippen molar-refractivity contribution in [2.75, 3.05) is 6.54 Å². The van der Waals surface area contributed by atoms with E-state index in [0.717, 1.165) is 44.6 Å². The summed E-state index contributed by atoms with van der Waals surface area (Å²) < 4.78 is 0. The van der Waals surface area contributed by atoms with Crippen molar-refractivity contribution < 1.29 is 9.90 Å². The van der Waals surface area contributed by atoms with Gasteiger partial charge in [-0.3, -0.25) is 15.0 Å². The van der Waals surface area contributed by atoms with Gasteiger partial charge in [0.05, 0.1) is 0 Å². The molecular weight excluding hydrogens is 264 g/mol. The second-order valence-corrected chi connectivity index (χ2v) is 7.78. The highest BCUT2D eigenvalue weighted by atomic mass is 16.4. The highest BCUT2D eigenvalue weighted by Gasteiger charge is 2.47. The van der Waals surface area contributed by atoms with Gasteiger partial charge in [0, 0.05) is 24.7 Å². The van der Waals surface area contributed by atoms with Crippen LogP contribution in [0.3, 0.4) is 0 Å². The number of likely N-dealkylation sites (tertiary alicyclic amines) is 1. The Bertz CT molecular complexity index is 396. The van der Waals surface area contributed by atoms with Crippen molar-refractivity contribution in [2.45, 2.75) is 88.9 Å². The van der Waals surface area contributed by atoms with Gasteiger partial charge in [0.2, 0.25) is 0 Å². The second-order valence-electron chi connectivity index (χ2n) is 7.78. The Hall–Kier alpha value is -0.610. The van der Waals surface area contributed by atoms with Crippen molar-refractivity contribution in [3.05, 3.63) is 0 Å². The molecule has 1 saturated heterocycles. The number of hydrogen-bond donors (Lipinski definition) is 2. The van der Waals surface area contributed by atoms with Crippen LogP contribution in [0.2, 0.25) is 0 Å². The van der Waals surface area contributed by atoms with Crippen molar-refractivity contribution in [3.63, 3.8) is 0 Å². The van der Waals surface area contributed by atoms with Gasteiger partial charge in [0.15, 0.2) is 0 Å². The number of nitrogens with one attached hydrogen (secondary N) is 1. The van der Waals surface area contributed by atoms with E-state index < -0.39 is 11.5 Å². The molecule has 3 fully saturated rings. The third-order valence-electron chi connectivity index (χ3n) is 5.83. The molecule has 0 aromatic carbocycles. The molecule has 2 aliphatic carbocycles. The van der Waals surface area contributed by atoms with Crippen molar-refractivity contribution in [2.24, 2.45) is 5.92 Å². The first-order valence-electron chi connectivity index (χ1n) is 8.77. The summed E-state index contributed by atoms with van der Waals surface area (Å²) >= 11 is 0. The maximum Gasteiger partial charge on any atom is 0.323 e. The molecule has 1 heterocycles. The monoisotopic (exact) mass is 294 g/mol. The molecule has 4 nitrogen and oxygen atoms in total. The van der Waals surface area contributed by atoms with Crippen LogP contribution in [-0.4, -0.2) is 46.2 Å². The molecule has 120 valence electrons. The Labute approximate surface area is 128 Å². The molecule has 0 amide bonds. The number of aliphatic carboxylic acids is 1. The Balaban J connectivity index is 1.72. The molecule has 2 N–H and O–H groups in total. The molecule has 1 aliphatic heterocycles. The van der Waals surface area contributed by atoms with Crippen LogP contribution < -0.4 is 5.32 Å². The Morgan fingerprint density at radius 2 is 1.95 bits per heavy atom. The normalized spacial score (nSPS) is 41.9. The zero-order valence-electron chi connectivity index (χ0n) is 13.5. The molecule has 0 bridgehead atoms. The fraction of sp³-hybridized carbons (Fsp3) is 0.941. The van der Waals surface area contributed by atoms with Gasteiger partial charge >= 0.3 is 5.97 Å². The van der Waals surface area contributed by atoms with E-state index in [9.17, 15) is 9.90 Å². The van der Waals surface area contributed by atoms with E-state index >= 15 is 0 Å². The highest BCUT2D eigenvalue weighted by Crippen LogP contribution is 2.37. The summed E-state index contributed by atoms with van der Waals surface area (Å²) in [5.41, 5.74) is -0.662. The standard InChI is InChI=1S/C17H30N2O2/c1-12-5-6-13(2)19(11-12)15-4-3-9-17(10-15,16(20)21)18-14-7-8-14/h12-15,18H,3-11H2,1-2H3,(H,20,21). The topological polar surface area (TPSA) is 52.6 Å². The van der Waals surface area contributed by atoms with Gasteiger partial charge in [-0.1, -0.05) is 6.92 Å². The second kappa shape index (κ2) is 5.88. The highest BCUT2D eigenvalue weighted by molar-refractivity contribution is 5.79. The molecule has 0 spiro atoms. The minimum atomic E-state index is -0.662. The molecule has 0 aromatic heterocycles. The van der Waals surface area contributed by atoms with Crippen LogP contribution in [0.25, 0.3) is 0 Å². The Morgan fingerprint density at radius 1 is 1.19 bits per heavy atom. The van der Waals surface area contributed by atoms with Gasteiger partial charge in [-0.05, 0) is 64.2 Å². The average molecular weight is 294 g/mol. The number of carboxylic acid groups (broad SMARTS) is 1. The summed E-state index contributed by atoms with van der Waals surface area (Å²) in [4.78, 5) is 14.5. The molecule has 2 saturated carbocycles. The van der Waals surface area contributed by atoms with E-state index in [0.29, 0.717) is 18.1 Å². The first-order valence-corrected chi connectivity index (χ1v) is 8.77. The first-order chi connectivity index (χ1) is 10.00. The fourth-order valence-electron chi connectivity index (χ4n) is 4.37. The van der Waals surface area contributed by atoms with Gasteiger partial charge in [-0.25, -0.2) is 0 Å². The minimum Gasteiger partial charge on any atom is -0.480 e. The van der Waals surface area contributed by atoms with Gasteiger partial charge in [-0.2, -0.15) is 0 Å². The van der Waals surface area contributed by atoms with Gasteiger partial charge in [0.1, 0.15) is 5.54 Å². The lowest BCUT2D eigenvalue weighted by molar-refractivity contribution is -0.148. The molecule has 3 rings (SSSR count). The van der Waals surface area contributed by atoms with Gasteiger partial charge in [-0.15, -0.1) is 0 Å². The molecule has 4 atom stereocenters. The Morgan fingerprint density at radius 3 is 2.62 bits per heavy atom. The summed E-state index contributed by atoms with van der Waals surface area (Å²) in [6, 6.07) is 1.51. The summed E-state index contributed by atoms with van der Waals surface area (Å²) in [6.45, 7) is 5.79. The van der Waals surface area contributed by atoms with Crippen molar-refractivity contribution in [1.29, 1.82) is 0 Å². The number of nitrogens with zero attached hydrogens (tertiary/aromatic N) is 1. The van der Waals surface area contributed by atoms with Crippen LogP contribution in [0.1, 0.15) is 65.2 Å². The lowest BCUT2D eigenvalue weighted by Gasteiger charge is -2.47. The molecule has 0 aromatic rings. The maximum absolute atomic E-state index is 11.9. The van der Waals surface area contributed by atoms with E-state index in [-0.39, 0.29) is 0 Å². The molecule has 4 heteroatoms. The summed E-state index contributed by atoms with van der Waals surface area (Å²) in [7, 11) is 0. The first kappa shape index (κ1) is 15.3. The van der Waals surface area contributed by atoms with E-state index in [2.05, 4.69) is 24.1 Å². The van der Waals surface area contributed by atoms with Crippen molar-refractivity contribution in [1.82, 2.24) is 10.2 Å². The molecule has 0 radical (unpaired) electrons. The number of rotatable bonds is 4. The summed E-state index contributed by atoms with van der Waals surface area (Å²) in [6.07, 6.45) is 8.66. The van der Waals surface area contributed by atoms with E-state index in [1.54, 1.807) is 0 Å². The molecule has 21 heavy (non-hydrogen) atoms. The average Bonchev–Trinajstić information content (AvgIpc) is 3.25. The number of hydrogen-bond acceptors (Lipinski definition) is 3. The maximum atomic E-state index is 11.9. The lowest BCUT2D eigenvalue weighted by atomic mass is 9.77. The van der Waals surface area contributed by atoms with E-state index in [4.69, 9.17) is 0 Å². The zero-order chi connectivity index (χ0) is 15.0. The summed E-state index contributed by atoms with van der Waals surface area (Å²) in [5.74, 6) is 0.121. The van der Waals surface area contributed by atoms with Crippen molar-refractivity contribution >= 4 is 5.97 Å². The van der Waals surface area contributed by atoms with E-state index in [1.807, 2.05) is 0 Å². The van der Waals surface area contributed by atoms with Crippen LogP contribution in [0, 0.1) is 5.92 Å². The quantitative estimate of drug-likeness (QED) is 0.837. The molecular formula is C17H30N2O2. The fourth-order valence-corrected chi connectivity index (χ4v) is 4.37. The third-order valence-corrected chi connectivity index (χ3v) is 5.83.